The molecular weight excluding hydrogens is 751 g/mol. The van der Waals surface area contributed by atoms with Gasteiger partial charge in [0.05, 0.1) is 0 Å². The van der Waals surface area contributed by atoms with Crippen molar-refractivity contribution in [1.29, 1.82) is 0 Å². The quantitative estimate of drug-likeness (QED) is 0.175. The van der Waals surface area contributed by atoms with E-state index in [4.69, 9.17) is 15.0 Å². The molecule has 8 aromatic carbocycles. The summed E-state index contributed by atoms with van der Waals surface area (Å²) < 4.78 is 7.68. The Hall–Kier alpha value is -6.57. The van der Waals surface area contributed by atoms with Crippen LogP contribution in [-0.2, 0) is 0 Å². The van der Waals surface area contributed by atoms with Gasteiger partial charge in [0.15, 0.2) is 17.5 Å². The van der Waals surface area contributed by atoms with Gasteiger partial charge in [-0.05, 0) is 59.2 Å². The van der Waals surface area contributed by atoms with Gasteiger partial charge in [0, 0.05) is 82.8 Å². The van der Waals surface area contributed by atoms with Crippen molar-refractivity contribution in [3.63, 3.8) is 0 Å². The maximum Gasteiger partial charge on any atom is 0.165 e. The average Bonchev–Trinajstić information content (AvgIpc) is 3.98. The molecule has 0 bridgehead atoms. The lowest BCUT2D eigenvalue weighted by Crippen LogP contribution is -2.00. The van der Waals surface area contributed by atoms with Gasteiger partial charge in [0.25, 0.3) is 0 Å². The van der Waals surface area contributed by atoms with Crippen molar-refractivity contribution in [2.45, 2.75) is 0 Å². The van der Waals surface area contributed by atoms with Gasteiger partial charge in [-0.2, -0.15) is 0 Å². The normalized spacial score (nSPS) is 11.9. The molecule has 12 aromatic rings. The first kappa shape index (κ1) is 32.7. The molecule has 0 N–H and O–H groups in total. The van der Waals surface area contributed by atoms with Crippen molar-refractivity contribution in [3.05, 3.63) is 176 Å². The Bertz CT molecular complexity index is 3470. The Morgan fingerprint density at radius 2 is 0.737 bits per heavy atom. The summed E-state index contributed by atoms with van der Waals surface area (Å²) in [6.07, 6.45) is 0. The fourth-order valence-electron chi connectivity index (χ4n) is 8.24. The van der Waals surface area contributed by atoms with E-state index in [2.05, 4.69) is 140 Å². The summed E-state index contributed by atoms with van der Waals surface area (Å²) in [6, 6.07) is 63.1. The van der Waals surface area contributed by atoms with E-state index in [9.17, 15) is 0 Å². The molecular formula is C51H29N3S3. The molecule has 6 heteroatoms. The molecule has 266 valence electrons. The fraction of sp³-hybridized carbons (Fsp3) is 0. The molecule has 4 aromatic heterocycles. The molecule has 0 aliphatic heterocycles. The third kappa shape index (κ3) is 5.33. The minimum absolute atomic E-state index is 0.665. The molecule has 0 fully saturated rings. The van der Waals surface area contributed by atoms with Crippen molar-refractivity contribution in [3.8, 4) is 56.4 Å². The molecule has 3 nitrogen and oxygen atoms in total. The van der Waals surface area contributed by atoms with E-state index < -0.39 is 0 Å². The summed E-state index contributed by atoms with van der Waals surface area (Å²) in [7, 11) is 0. The Labute approximate surface area is 339 Å². The summed E-state index contributed by atoms with van der Waals surface area (Å²) in [5.41, 5.74) is 7.94. The van der Waals surface area contributed by atoms with Gasteiger partial charge in [-0.25, -0.2) is 15.0 Å². The van der Waals surface area contributed by atoms with Crippen LogP contribution in [0.25, 0.3) is 117 Å². The molecule has 0 atom stereocenters. The summed E-state index contributed by atoms with van der Waals surface area (Å²) in [5.74, 6) is 2.01. The summed E-state index contributed by atoms with van der Waals surface area (Å²) in [6.45, 7) is 0. The van der Waals surface area contributed by atoms with Crippen LogP contribution in [0.5, 0.6) is 0 Å². The second-order valence-corrected chi connectivity index (χ2v) is 17.5. The van der Waals surface area contributed by atoms with Gasteiger partial charge in [-0.1, -0.05) is 133 Å². The fourth-order valence-corrected chi connectivity index (χ4v) is 11.9. The average molecular weight is 780 g/mol. The number of rotatable bonds is 5. The Morgan fingerprint density at radius 1 is 0.263 bits per heavy atom. The third-order valence-corrected chi connectivity index (χ3v) is 14.6. The highest BCUT2D eigenvalue weighted by molar-refractivity contribution is 7.27. The van der Waals surface area contributed by atoms with Crippen LogP contribution in [0.15, 0.2) is 176 Å². The van der Waals surface area contributed by atoms with Crippen LogP contribution in [-0.4, -0.2) is 15.0 Å². The number of benzene rings is 8. The summed E-state index contributed by atoms with van der Waals surface area (Å²) >= 11 is 5.58. The number of fused-ring (bicyclic) bond motifs is 9. The van der Waals surface area contributed by atoms with E-state index in [1.54, 1.807) is 11.3 Å². The number of thiophene rings is 3. The number of aromatic nitrogens is 3. The van der Waals surface area contributed by atoms with Crippen molar-refractivity contribution in [1.82, 2.24) is 15.0 Å². The van der Waals surface area contributed by atoms with Gasteiger partial charge < -0.3 is 0 Å². The van der Waals surface area contributed by atoms with Crippen molar-refractivity contribution in [2.75, 3.05) is 0 Å². The van der Waals surface area contributed by atoms with E-state index in [-0.39, 0.29) is 0 Å². The van der Waals surface area contributed by atoms with Crippen LogP contribution in [0, 0.1) is 0 Å². The predicted octanol–water partition coefficient (Wildman–Crippen LogP) is 15.3. The summed E-state index contributed by atoms with van der Waals surface area (Å²) in [4.78, 5) is 15.1. The zero-order valence-corrected chi connectivity index (χ0v) is 32.8. The van der Waals surface area contributed by atoms with Gasteiger partial charge in [-0.15, -0.1) is 34.0 Å². The summed E-state index contributed by atoms with van der Waals surface area (Å²) in [5, 5.41) is 7.68. The van der Waals surface area contributed by atoms with Crippen molar-refractivity contribution in [2.24, 2.45) is 0 Å². The molecule has 0 aliphatic carbocycles. The topological polar surface area (TPSA) is 38.7 Å². The highest BCUT2D eigenvalue weighted by Gasteiger charge is 2.20. The first-order valence-corrected chi connectivity index (χ1v) is 21.4. The zero-order chi connectivity index (χ0) is 37.5. The van der Waals surface area contributed by atoms with E-state index >= 15 is 0 Å². The molecule has 0 saturated heterocycles. The van der Waals surface area contributed by atoms with E-state index in [0.717, 1.165) is 16.7 Å². The van der Waals surface area contributed by atoms with Crippen LogP contribution in [0.2, 0.25) is 0 Å². The highest BCUT2D eigenvalue weighted by Crippen LogP contribution is 2.47. The van der Waals surface area contributed by atoms with Crippen LogP contribution < -0.4 is 0 Å². The molecule has 4 heterocycles. The first-order valence-electron chi connectivity index (χ1n) is 18.9. The smallest absolute Gasteiger partial charge is 0.165 e. The zero-order valence-electron chi connectivity index (χ0n) is 30.3. The number of hydrogen-bond acceptors (Lipinski definition) is 6. The lowest BCUT2D eigenvalue weighted by atomic mass is 9.94. The van der Waals surface area contributed by atoms with Crippen LogP contribution in [0.3, 0.4) is 0 Å². The standard InChI is InChI=1S/C51H29N3S3/c1-3-13-30(14-4-1)49-52-50(31-15-5-2-6-16-31)54-51(53-49)39-22-12-21-38-41-27-32(25-26-45(41)57-47(38)39)40-28-33(29-42-36-18-8-10-24-44(36)56-48(40)42)34-19-11-20-37-35-17-7-9-23-43(35)55-46(34)37/h1-29H. The second-order valence-electron chi connectivity index (χ2n) is 14.3. The monoisotopic (exact) mass is 779 g/mol. The molecule has 0 aliphatic rings. The van der Waals surface area contributed by atoms with E-state index in [1.165, 1.54) is 82.8 Å². The van der Waals surface area contributed by atoms with Gasteiger partial charge in [0.1, 0.15) is 0 Å². The lowest BCUT2D eigenvalue weighted by Gasteiger charge is -2.10. The maximum atomic E-state index is 5.10. The first-order chi connectivity index (χ1) is 28.2. The largest absolute Gasteiger partial charge is 0.208 e. The minimum atomic E-state index is 0.665. The Balaban J connectivity index is 1.06. The molecule has 0 radical (unpaired) electrons. The number of nitrogens with zero attached hydrogens (tertiary/aromatic N) is 3. The minimum Gasteiger partial charge on any atom is -0.208 e. The molecule has 12 rings (SSSR count). The van der Waals surface area contributed by atoms with Crippen LogP contribution >= 0.6 is 34.0 Å². The maximum absolute atomic E-state index is 5.10. The Kier molecular flexibility index (Phi) is 7.45. The molecule has 0 saturated carbocycles. The van der Waals surface area contributed by atoms with E-state index in [1.807, 2.05) is 59.1 Å². The van der Waals surface area contributed by atoms with Crippen molar-refractivity contribution >= 4 is 94.5 Å². The van der Waals surface area contributed by atoms with Gasteiger partial charge >= 0.3 is 0 Å². The predicted molar refractivity (Wildman–Crippen MR) is 246 cm³/mol. The molecule has 57 heavy (non-hydrogen) atoms. The molecule has 0 unspecified atom stereocenters. The molecule has 0 amide bonds. The van der Waals surface area contributed by atoms with Crippen LogP contribution in [0.4, 0.5) is 0 Å². The van der Waals surface area contributed by atoms with Crippen molar-refractivity contribution < 1.29 is 0 Å². The Morgan fingerprint density at radius 3 is 1.40 bits per heavy atom. The highest BCUT2D eigenvalue weighted by atomic mass is 32.1. The van der Waals surface area contributed by atoms with Gasteiger partial charge in [0.2, 0.25) is 0 Å². The van der Waals surface area contributed by atoms with Gasteiger partial charge in [-0.3, -0.25) is 0 Å². The second kappa shape index (κ2) is 13.0. The van der Waals surface area contributed by atoms with E-state index in [0.29, 0.717) is 17.5 Å². The number of hydrogen-bond donors (Lipinski definition) is 0. The lowest BCUT2D eigenvalue weighted by molar-refractivity contribution is 1.08. The third-order valence-electron chi connectivity index (χ3n) is 10.9. The molecule has 0 spiro atoms. The van der Waals surface area contributed by atoms with Crippen LogP contribution in [0.1, 0.15) is 0 Å². The SMILES string of the molecule is c1ccc(-c2nc(-c3ccccc3)nc(-c3cccc4c3sc3ccc(-c5cc(-c6cccc7c6sc6ccccc67)cc6c5sc5ccccc56)cc34)n2)cc1.